The van der Waals surface area contributed by atoms with Gasteiger partial charge in [0.1, 0.15) is 18.2 Å². The number of carbonyl (C=O) groups is 4. The van der Waals surface area contributed by atoms with Crippen molar-refractivity contribution in [2.75, 3.05) is 0 Å². The predicted molar refractivity (Wildman–Crippen MR) is 155 cm³/mol. The second-order valence-electron chi connectivity index (χ2n) is 12.0. The fourth-order valence-corrected chi connectivity index (χ4v) is 4.42. The first kappa shape index (κ1) is 34.3. The van der Waals surface area contributed by atoms with Crippen molar-refractivity contribution >= 4 is 23.9 Å². The zero-order chi connectivity index (χ0) is 30.5. The van der Waals surface area contributed by atoms with Gasteiger partial charge in [-0.1, -0.05) is 53.0 Å². The molecule has 2 rings (SSSR count). The first-order chi connectivity index (χ1) is 19.3. The van der Waals surface area contributed by atoms with E-state index in [4.69, 9.17) is 24.7 Å². The van der Waals surface area contributed by atoms with Gasteiger partial charge in [-0.2, -0.15) is 0 Å². The van der Waals surface area contributed by atoms with Crippen molar-refractivity contribution in [3.05, 3.63) is 23.8 Å². The minimum Gasteiger partial charge on any atom is -0.459 e. The van der Waals surface area contributed by atoms with E-state index in [9.17, 15) is 19.2 Å². The van der Waals surface area contributed by atoms with Crippen LogP contribution in [0.25, 0.3) is 0 Å². The fraction of sp³-hybridized carbons (Fsp3) is 0.688. The summed E-state index contributed by atoms with van der Waals surface area (Å²) in [5, 5.41) is 0. The lowest BCUT2D eigenvalue weighted by Crippen LogP contribution is -2.40. The highest BCUT2D eigenvalue weighted by Crippen LogP contribution is 2.31. The standard InChI is InChI=1S/C32H49NO8/c1-20(2)12-16-29(34)40-27-15-14-24(19-28(27)41-30(35)17-13-21(3)4)18-26(33)32(37)39-23(6)22(5)38-31(36)25-10-8-7-9-11-25/h14-15,19-23,25-26H,7-13,16-18,33H2,1-6H3/t22?,23-,26-/m0/s1. The van der Waals surface area contributed by atoms with Crippen molar-refractivity contribution in [3.63, 3.8) is 0 Å². The van der Waals surface area contributed by atoms with Gasteiger partial charge in [0.25, 0.3) is 0 Å². The van der Waals surface area contributed by atoms with Gasteiger partial charge < -0.3 is 24.7 Å². The van der Waals surface area contributed by atoms with Gasteiger partial charge in [-0.3, -0.25) is 19.2 Å². The van der Waals surface area contributed by atoms with Crippen LogP contribution in [0.2, 0.25) is 0 Å². The number of esters is 4. The van der Waals surface area contributed by atoms with Crippen LogP contribution in [0.3, 0.4) is 0 Å². The second kappa shape index (κ2) is 17.1. The number of benzene rings is 1. The highest BCUT2D eigenvalue weighted by molar-refractivity contribution is 5.78. The van der Waals surface area contributed by atoms with Crippen LogP contribution in [-0.4, -0.2) is 42.1 Å². The summed E-state index contributed by atoms with van der Waals surface area (Å²) >= 11 is 0. The predicted octanol–water partition coefficient (Wildman–Crippen LogP) is 5.68. The lowest BCUT2D eigenvalue weighted by atomic mass is 9.89. The third-order valence-corrected chi connectivity index (χ3v) is 7.27. The van der Waals surface area contributed by atoms with Gasteiger partial charge in [0, 0.05) is 12.8 Å². The highest BCUT2D eigenvalue weighted by Gasteiger charge is 2.28. The highest BCUT2D eigenvalue weighted by atomic mass is 16.6. The van der Waals surface area contributed by atoms with E-state index in [1.165, 1.54) is 0 Å². The summed E-state index contributed by atoms with van der Waals surface area (Å²) in [6.45, 7) is 11.4. The smallest absolute Gasteiger partial charge is 0.323 e. The van der Waals surface area contributed by atoms with Crippen molar-refractivity contribution < 1.29 is 38.1 Å². The molecule has 0 heterocycles. The molecule has 0 radical (unpaired) electrons. The molecule has 1 fully saturated rings. The lowest BCUT2D eigenvalue weighted by Gasteiger charge is -2.26. The Morgan fingerprint density at radius 1 is 0.780 bits per heavy atom. The Kier molecular flexibility index (Phi) is 14.3. The summed E-state index contributed by atoms with van der Waals surface area (Å²) in [5.41, 5.74) is 6.76. The van der Waals surface area contributed by atoms with Gasteiger partial charge in [-0.15, -0.1) is 0 Å². The van der Waals surface area contributed by atoms with Crippen LogP contribution in [0, 0.1) is 17.8 Å². The number of nitrogens with two attached hydrogens (primary N) is 1. The molecule has 2 N–H and O–H groups in total. The van der Waals surface area contributed by atoms with Gasteiger partial charge >= 0.3 is 23.9 Å². The van der Waals surface area contributed by atoms with Crippen LogP contribution < -0.4 is 15.2 Å². The lowest BCUT2D eigenvalue weighted by molar-refractivity contribution is -0.169. The summed E-state index contributed by atoms with van der Waals surface area (Å²) in [4.78, 5) is 50.1. The Hall–Kier alpha value is -2.94. The van der Waals surface area contributed by atoms with Gasteiger partial charge in [-0.25, -0.2) is 0 Å². The summed E-state index contributed by atoms with van der Waals surface area (Å²) in [6, 6.07) is 3.76. The zero-order valence-corrected chi connectivity index (χ0v) is 25.6. The SMILES string of the molecule is CC(C)CCC(=O)Oc1ccc(C[C@H](N)C(=O)O[C@@H](C)C(C)OC(=O)C2CCCCC2)cc1OC(=O)CCC(C)C. The van der Waals surface area contributed by atoms with E-state index >= 15 is 0 Å². The molecular formula is C32H49NO8. The van der Waals surface area contributed by atoms with Crippen LogP contribution in [-0.2, 0) is 35.1 Å². The van der Waals surface area contributed by atoms with Crippen molar-refractivity contribution in [2.45, 2.75) is 124 Å². The Morgan fingerprint density at radius 3 is 1.88 bits per heavy atom. The average Bonchev–Trinajstić information content (AvgIpc) is 2.92. The van der Waals surface area contributed by atoms with E-state index in [1.807, 2.05) is 27.7 Å². The molecule has 3 atom stereocenters. The molecule has 0 amide bonds. The number of ether oxygens (including phenoxy) is 4. The Morgan fingerprint density at radius 2 is 1.32 bits per heavy atom. The van der Waals surface area contributed by atoms with E-state index in [1.54, 1.807) is 32.0 Å². The monoisotopic (exact) mass is 575 g/mol. The molecule has 0 spiro atoms. The zero-order valence-electron chi connectivity index (χ0n) is 25.6. The van der Waals surface area contributed by atoms with Crippen LogP contribution in [0.15, 0.2) is 18.2 Å². The van der Waals surface area contributed by atoms with E-state index in [0.29, 0.717) is 30.2 Å². The molecule has 1 unspecified atom stereocenters. The van der Waals surface area contributed by atoms with Crippen molar-refractivity contribution in [1.82, 2.24) is 0 Å². The van der Waals surface area contributed by atoms with E-state index < -0.39 is 36.2 Å². The largest absolute Gasteiger partial charge is 0.459 e. The van der Waals surface area contributed by atoms with Crippen LogP contribution in [0.4, 0.5) is 0 Å². The minimum atomic E-state index is -1.01. The number of hydrogen-bond donors (Lipinski definition) is 1. The van der Waals surface area contributed by atoms with E-state index in [0.717, 1.165) is 32.1 Å². The third kappa shape index (κ3) is 12.6. The number of hydrogen-bond acceptors (Lipinski definition) is 9. The summed E-state index contributed by atoms with van der Waals surface area (Å²) < 4.78 is 22.1. The first-order valence-corrected chi connectivity index (χ1v) is 15.1. The topological polar surface area (TPSA) is 131 Å². The van der Waals surface area contributed by atoms with Gasteiger partial charge in [0.2, 0.25) is 0 Å². The van der Waals surface area contributed by atoms with Crippen LogP contribution >= 0.6 is 0 Å². The molecule has 1 saturated carbocycles. The maximum atomic E-state index is 12.8. The molecule has 0 bridgehead atoms. The second-order valence-corrected chi connectivity index (χ2v) is 12.0. The quantitative estimate of drug-likeness (QED) is 0.207. The average molecular weight is 576 g/mol. The number of carbonyl (C=O) groups excluding carboxylic acids is 4. The molecular weight excluding hydrogens is 526 g/mol. The van der Waals surface area contributed by atoms with E-state index in [-0.39, 0.29) is 42.6 Å². The normalized spacial score (nSPS) is 16.1. The molecule has 1 aromatic carbocycles. The molecule has 9 heteroatoms. The maximum Gasteiger partial charge on any atom is 0.323 e. The molecule has 0 aromatic heterocycles. The van der Waals surface area contributed by atoms with Crippen molar-refractivity contribution in [1.29, 1.82) is 0 Å². The molecule has 230 valence electrons. The molecule has 41 heavy (non-hydrogen) atoms. The Labute approximate surface area is 244 Å². The minimum absolute atomic E-state index is 0.0949. The van der Waals surface area contributed by atoms with E-state index in [2.05, 4.69) is 0 Å². The molecule has 0 saturated heterocycles. The Bertz CT molecular complexity index is 1010. The summed E-state index contributed by atoms with van der Waals surface area (Å²) in [7, 11) is 0. The molecule has 1 aliphatic carbocycles. The fourth-order valence-electron chi connectivity index (χ4n) is 4.42. The molecule has 0 aliphatic heterocycles. The first-order valence-electron chi connectivity index (χ1n) is 15.1. The third-order valence-electron chi connectivity index (χ3n) is 7.27. The van der Waals surface area contributed by atoms with Gasteiger partial charge in [0.05, 0.1) is 5.92 Å². The summed E-state index contributed by atoms with van der Waals surface area (Å²) in [6.07, 6.45) is 5.44. The van der Waals surface area contributed by atoms with Crippen molar-refractivity contribution in [2.24, 2.45) is 23.5 Å². The van der Waals surface area contributed by atoms with Crippen LogP contribution in [0.5, 0.6) is 11.5 Å². The van der Waals surface area contributed by atoms with Gasteiger partial charge in [0.15, 0.2) is 11.5 Å². The number of rotatable bonds is 15. The Balaban J connectivity index is 2.02. The van der Waals surface area contributed by atoms with Crippen molar-refractivity contribution in [3.8, 4) is 11.5 Å². The van der Waals surface area contributed by atoms with Crippen LogP contribution in [0.1, 0.15) is 105 Å². The van der Waals surface area contributed by atoms with Gasteiger partial charge in [-0.05, 0) is 75.5 Å². The maximum absolute atomic E-state index is 12.8. The molecule has 9 nitrogen and oxygen atoms in total. The summed E-state index contributed by atoms with van der Waals surface area (Å²) in [5.74, 6) is -0.931. The molecule has 1 aromatic rings. The molecule has 1 aliphatic rings.